The third kappa shape index (κ3) is 4.74. The minimum absolute atomic E-state index is 0.0460. The number of hydrogen-bond acceptors (Lipinski definition) is 4. The smallest absolute Gasteiger partial charge is 0.271 e. The molecule has 0 aromatic carbocycles. The van der Waals surface area contributed by atoms with E-state index in [0.29, 0.717) is 24.5 Å². The van der Waals surface area contributed by atoms with Crippen molar-refractivity contribution in [2.45, 2.75) is 77.4 Å². The zero-order chi connectivity index (χ0) is 23.4. The molecule has 0 radical (unpaired) electrons. The van der Waals surface area contributed by atoms with Crippen molar-refractivity contribution in [3.8, 4) is 11.5 Å². The maximum Gasteiger partial charge on any atom is 0.271 e. The molecule has 7 nitrogen and oxygen atoms in total. The first kappa shape index (κ1) is 23.6. The van der Waals surface area contributed by atoms with Gasteiger partial charge < -0.3 is 24.1 Å². The van der Waals surface area contributed by atoms with Gasteiger partial charge in [0.05, 0.1) is 18.5 Å². The van der Waals surface area contributed by atoms with Gasteiger partial charge in [-0.3, -0.25) is 9.59 Å². The van der Waals surface area contributed by atoms with E-state index in [-0.39, 0.29) is 17.9 Å². The quantitative estimate of drug-likeness (QED) is 0.618. The van der Waals surface area contributed by atoms with Gasteiger partial charge in [0.2, 0.25) is 5.91 Å². The molecule has 1 fully saturated rings. The monoisotopic (exact) mass is 454 g/mol. The molecule has 1 atom stereocenters. The number of carbonyl (C=O) groups excluding carboxylic acids is 2. The normalized spacial score (nSPS) is 21.5. The molecule has 3 heterocycles. The summed E-state index contributed by atoms with van der Waals surface area (Å²) < 4.78 is 7.58. The second-order valence-electron chi connectivity index (χ2n) is 9.59. The van der Waals surface area contributed by atoms with Crippen LogP contribution in [-0.2, 0) is 11.3 Å². The van der Waals surface area contributed by atoms with Gasteiger partial charge in [-0.2, -0.15) is 0 Å². The Morgan fingerprint density at radius 3 is 2.55 bits per heavy atom. The van der Waals surface area contributed by atoms with E-state index in [1.165, 1.54) is 6.42 Å². The highest BCUT2D eigenvalue weighted by Gasteiger charge is 2.48. The van der Waals surface area contributed by atoms with Gasteiger partial charge in [-0.1, -0.05) is 33.1 Å². The van der Waals surface area contributed by atoms with Crippen LogP contribution in [0.15, 0.2) is 34.9 Å². The summed E-state index contributed by atoms with van der Waals surface area (Å²) in [6, 6.07) is 7.71. The molecule has 2 amide bonds. The molecule has 33 heavy (non-hydrogen) atoms. The lowest BCUT2D eigenvalue weighted by atomic mass is 9.91. The fourth-order valence-corrected chi connectivity index (χ4v) is 5.34. The average Bonchev–Trinajstić information content (AvgIpc) is 3.49. The molecule has 4 rings (SSSR count). The van der Waals surface area contributed by atoms with Crippen molar-refractivity contribution in [1.29, 1.82) is 0 Å². The van der Waals surface area contributed by atoms with Crippen LogP contribution in [0.3, 0.4) is 0 Å². The molecule has 2 aliphatic rings. The first-order chi connectivity index (χ1) is 16.0. The van der Waals surface area contributed by atoms with Crippen LogP contribution in [0.1, 0.15) is 69.8 Å². The number of carbonyl (C=O) groups is 2. The van der Waals surface area contributed by atoms with E-state index in [4.69, 9.17) is 4.42 Å². The largest absolute Gasteiger partial charge is 0.463 e. The third-order valence-corrected chi connectivity index (χ3v) is 7.46. The standard InChI is InChI=1S/C26H38N4O3/c1-4-28(5-2)16-10-17-30-24(31)22-15-14-21(23-13-9-18-33-23)29(22)19-26(30,3)25(32)27-20-11-7-6-8-12-20/h9,13-15,18,20H,4-8,10-12,16-17,19H2,1-3H3,(H,27,32). The van der Waals surface area contributed by atoms with Gasteiger partial charge >= 0.3 is 0 Å². The fourth-order valence-electron chi connectivity index (χ4n) is 5.34. The maximum absolute atomic E-state index is 13.7. The average molecular weight is 455 g/mol. The van der Waals surface area contributed by atoms with Crippen LogP contribution < -0.4 is 5.32 Å². The molecule has 2 aromatic rings. The van der Waals surface area contributed by atoms with Crippen LogP contribution in [0.5, 0.6) is 0 Å². The number of fused-ring (bicyclic) bond motifs is 1. The molecule has 7 heteroatoms. The Bertz CT molecular complexity index is 941. The van der Waals surface area contributed by atoms with E-state index in [1.807, 2.05) is 40.7 Å². The summed E-state index contributed by atoms with van der Waals surface area (Å²) in [6.45, 7) is 10.1. The molecule has 0 bridgehead atoms. The van der Waals surface area contributed by atoms with Gasteiger partial charge in [0.15, 0.2) is 0 Å². The Morgan fingerprint density at radius 1 is 1.15 bits per heavy atom. The van der Waals surface area contributed by atoms with Crippen LogP contribution in [0.4, 0.5) is 0 Å². The van der Waals surface area contributed by atoms with E-state index in [0.717, 1.165) is 57.4 Å². The SMILES string of the molecule is CCN(CC)CCCN1C(=O)c2ccc(-c3ccco3)n2CC1(C)C(=O)NC1CCCCC1. The molecule has 1 aliphatic heterocycles. The first-order valence-electron chi connectivity index (χ1n) is 12.6. The predicted octanol–water partition coefficient (Wildman–Crippen LogP) is 4.14. The number of rotatable bonds is 9. The molecule has 1 saturated carbocycles. The van der Waals surface area contributed by atoms with Gasteiger partial charge in [-0.15, -0.1) is 0 Å². The number of aromatic nitrogens is 1. The molecular weight excluding hydrogens is 416 g/mol. The second-order valence-corrected chi connectivity index (χ2v) is 9.59. The molecule has 1 aliphatic carbocycles. The Morgan fingerprint density at radius 2 is 1.88 bits per heavy atom. The number of hydrogen-bond donors (Lipinski definition) is 1. The molecule has 1 unspecified atom stereocenters. The van der Waals surface area contributed by atoms with E-state index < -0.39 is 5.54 Å². The van der Waals surface area contributed by atoms with Crippen LogP contribution in [-0.4, -0.2) is 63.9 Å². The van der Waals surface area contributed by atoms with Gasteiger partial charge in [0.25, 0.3) is 5.91 Å². The fraction of sp³-hybridized carbons (Fsp3) is 0.615. The van der Waals surface area contributed by atoms with Gasteiger partial charge in [0.1, 0.15) is 17.0 Å². The lowest BCUT2D eigenvalue weighted by molar-refractivity contribution is -0.133. The molecule has 0 spiro atoms. The predicted molar refractivity (Wildman–Crippen MR) is 129 cm³/mol. The van der Waals surface area contributed by atoms with Crippen molar-refractivity contribution in [3.63, 3.8) is 0 Å². The summed E-state index contributed by atoms with van der Waals surface area (Å²) >= 11 is 0. The summed E-state index contributed by atoms with van der Waals surface area (Å²) in [7, 11) is 0. The highest BCUT2D eigenvalue weighted by atomic mass is 16.3. The lowest BCUT2D eigenvalue weighted by Gasteiger charge is -2.45. The zero-order valence-corrected chi connectivity index (χ0v) is 20.3. The van der Waals surface area contributed by atoms with Crippen molar-refractivity contribution in [2.75, 3.05) is 26.2 Å². The minimum Gasteiger partial charge on any atom is -0.463 e. The number of nitrogens with one attached hydrogen (secondary N) is 1. The first-order valence-corrected chi connectivity index (χ1v) is 12.6. The minimum atomic E-state index is -0.953. The third-order valence-electron chi connectivity index (χ3n) is 7.46. The van der Waals surface area contributed by atoms with Crippen molar-refractivity contribution in [3.05, 3.63) is 36.2 Å². The number of nitrogens with zero attached hydrogens (tertiary/aromatic N) is 3. The van der Waals surface area contributed by atoms with Crippen LogP contribution in [0.25, 0.3) is 11.5 Å². The Hall–Kier alpha value is -2.54. The number of furan rings is 1. The highest BCUT2D eigenvalue weighted by molar-refractivity contribution is 6.00. The summed E-state index contributed by atoms with van der Waals surface area (Å²) in [5.41, 5.74) is 0.500. The van der Waals surface area contributed by atoms with Gasteiger partial charge in [-0.05, 0) is 70.1 Å². The van der Waals surface area contributed by atoms with Gasteiger partial charge in [-0.25, -0.2) is 0 Å². The van der Waals surface area contributed by atoms with Crippen molar-refractivity contribution in [1.82, 2.24) is 19.7 Å². The van der Waals surface area contributed by atoms with Gasteiger partial charge in [0, 0.05) is 12.6 Å². The molecule has 180 valence electrons. The van der Waals surface area contributed by atoms with E-state index in [2.05, 4.69) is 24.1 Å². The van der Waals surface area contributed by atoms with E-state index in [9.17, 15) is 9.59 Å². The maximum atomic E-state index is 13.7. The summed E-state index contributed by atoms with van der Waals surface area (Å²) in [5, 5.41) is 3.30. The lowest BCUT2D eigenvalue weighted by Crippen LogP contribution is -2.65. The molecule has 0 saturated heterocycles. The van der Waals surface area contributed by atoms with E-state index >= 15 is 0 Å². The zero-order valence-electron chi connectivity index (χ0n) is 20.3. The Labute approximate surface area is 197 Å². The van der Waals surface area contributed by atoms with Crippen molar-refractivity contribution < 1.29 is 14.0 Å². The Kier molecular flexibility index (Phi) is 7.27. The second kappa shape index (κ2) is 10.2. The summed E-state index contributed by atoms with van der Waals surface area (Å²) in [4.78, 5) is 31.6. The molecular formula is C26H38N4O3. The number of amides is 2. The van der Waals surface area contributed by atoms with Crippen LogP contribution >= 0.6 is 0 Å². The topological polar surface area (TPSA) is 70.7 Å². The molecule has 1 N–H and O–H groups in total. The van der Waals surface area contributed by atoms with Crippen LogP contribution in [0.2, 0.25) is 0 Å². The molecule has 2 aromatic heterocycles. The van der Waals surface area contributed by atoms with Crippen molar-refractivity contribution >= 4 is 11.8 Å². The summed E-state index contributed by atoms with van der Waals surface area (Å²) in [5.74, 6) is 0.578. The Balaban J connectivity index is 1.62. The highest BCUT2D eigenvalue weighted by Crippen LogP contribution is 2.34. The summed E-state index contributed by atoms with van der Waals surface area (Å²) in [6.07, 6.45) is 8.05. The van der Waals surface area contributed by atoms with Crippen LogP contribution in [0, 0.1) is 0 Å². The van der Waals surface area contributed by atoms with E-state index in [1.54, 1.807) is 6.26 Å². The van der Waals surface area contributed by atoms with Crippen molar-refractivity contribution in [2.24, 2.45) is 0 Å².